The average Bonchev–Trinajstić information content (AvgIpc) is 3.25. The molecule has 0 spiro atoms. The number of hydrogen-bond acceptors (Lipinski definition) is 5. The number of hydrogen-bond donors (Lipinski definition) is 1. The van der Waals surface area contributed by atoms with Crippen LogP contribution in [0.3, 0.4) is 0 Å². The highest BCUT2D eigenvalue weighted by Crippen LogP contribution is 2.34. The second kappa shape index (κ2) is 9.62. The fourth-order valence-corrected chi connectivity index (χ4v) is 4.50. The number of aromatic nitrogens is 2. The second-order valence-electron chi connectivity index (χ2n) is 7.68. The van der Waals surface area contributed by atoms with Gasteiger partial charge >= 0.3 is 0 Å². The third kappa shape index (κ3) is 4.50. The van der Waals surface area contributed by atoms with Crippen LogP contribution in [0.5, 0.6) is 0 Å². The fourth-order valence-electron chi connectivity index (χ4n) is 3.83. The minimum absolute atomic E-state index is 0.127. The summed E-state index contributed by atoms with van der Waals surface area (Å²) in [5.74, 6) is 0.00777. The van der Waals surface area contributed by atoms with Crippen molar-refractivity contribution in [3.63, 3.8) is 0 Å². The predicted molar refractivity (Wildman–Crippen MR) is 133 cm³/mol. The number of amides is 1. The monoisotopic (exact) mass is 472 g/mol. The van der Waals surface area contributed by atoms with Gasteiger partial charge in [-0.1, -0.05) is 48.2 Å². The van der Waals surface area contributed by atoms with E-state index in [1.165, 1.54) is 17.8 Å². The lowest BCUT2D eigenvalue weighted by Crippen LogP contribution is -2.15. The summed E-state index contributed by atoms with van der Waals surface area (Å²) in [6.45, 7) is 0. The van der Waals surface area contributed by atoms with Crippen LogP contribution in [0.2, 0.25) is 0 Å². The number of methoxy groups -OCH3 is 1. The number of halogens is 1. The van der Waals surface area contributed by atoms with Gasteiger partial charge in [0.1, 0.15) is 5.82 Å². The molecule has 0 saturated carbocycles. The van der Waals surface area contributed by atoms with Crippen LogP contribution in [0.4, 0.5) is 15.8 Å². The summed E-state index contributed by atoms with van der Waals surface area (Å²) in [6.07, 6.45) is 3.76. The number of aliphatic imine (C=N–C) groups is 1. The average molecular weight is 473 g/mol. The summed E-state index contributed by atoms with van der Waals surface area (Å²) in [5, 5.41) is 3.73. The Morgan fingerprint density at radius 3 is 2.82 bits per heavy atom. The van der Waals surface area contributed by atoms with Crippen LogP contribution in [-0.4, -0.2) is 34.2 Å². The van der Waals surface area contributed by atoms with E-state index in [2.05, 4.69) is 10.3 Å². The van der Waals surface area contributed by atoms with E-state index in [9.17, 15) is 9.18 Å². The molecule has 1 amide bonds. The highest BCUT2D eigenvalue weighted by molar-refractivity contribution is 7.99. The summed E-state index contributed by atoms with van der Waals surface area (Å²) >= 11 is 1.49. The lowest BCUT2D eigenvalue weighted by molar-refractivity contribution is -0.115. The Hall–Kier alpha value is -3.75. The Labute approximate surface area is 200 Å². The number of thioether (sulfide) groups is 1. The van der Waals surface area contributed by atoms with E-state index in [0.717, 1.165) is 16.4 Å². The zero-order chi connectivity index (χ0) is 23.5. The number of anilines is 1. The van der Waals surface area contributed by atoms with Crippen molar-refractivity contribution in [3.8, 4) is 16.8 Å². The third-order valence-electron chi connectivity index (χ3n) is 5.41. The van der Waals surface area contributed by atoms with Gasteiger partial charge < -0.3 is 10.1 Å². The standard InChI is InChI=1S/C26H21FN4O2S/c1-33-16-34-26-28-11-12-31(26)19-6-4-5-18(13-19)23-15-25(32)30-24-14-17(9-10-22(24)29-23)20-7-2-3-8-21(20)27/h2-14H,15-16H2,1H3,(H,30,32). The highest BCUT2D eigenvalue weighted by atomic mass is 32.2. The van der Waals surface area contributed by atoms with E-state index in [1.54, 1.807) is 37.6 Å². The van der Waals surface area contributed by atoms with E-state index in [1.807, 2.05) is 47.2 Å². The Kier molecular flexibility index (Phi) is 6.24. The van der Waals surface area contributed by atoms with Gasteiger partial charge in [0.25, 0.3) is 0 Å². The number of rotatable bonds is 6. The van der Waals surface area contributed by atoms with Crippen LogP contribution in [0.15, 0.2) is 89.3 Å². The van der Waals surface area contributed by atoms with Gasteiger partial charge in [0, 0.05) is 30.8 Å². The molecule has 0 bridgehead atoms. The van der Waals surface area contributed by atoms with Crippen molar-refractivity contribution in [2.75, 3.05) is 18.4 Å². The van der Waals surface area contributed by atoms with Crippen LogP contribution in [0.25, 0.3) is 16.8 Å². The summed E-state index contributed by atoms with van der Waals surface area (Å²) < 4.78 is 21.4. The van der Waals surface area contributed by atoms with Gasteiger partial charge in [-0.25, -0.2) is 9.37 Å². The van der Waals surface area contributed by atoms with Crippen molar-refractivity contribution in [1.29, 1.82) is 0 Å². The van der Waals surface area contributed by atoms with E-state index >= 15 is 0 Å². The summed E-state index contributed by atoms with van der Waals surface area (Å²) in [6, 6.07) is 19.8. The number of carbonyl (C=O) groups excluding carboxylic acids is 1. The zero-order valence-corrected chi connectivity index (χ0v) is 19.2. The Balaban J connectivity index is 1.51. The maximum Gasteiger partial charge on any atom is 0.230 e. The smallest absolute Gasteiger partial charge is 0.230 e. The molecule has 3 aromatic carbocycles. The molecule has 170 valence electrons. The molecule has 1 aliphatic heterocycles. The Morgan fingerprint density at radius 1 is 1.09 bits per heavy atom. The Morgan fingerprint density at radius 2 is 1.97 bits per heavy atom. The second-order valence-corrected chi connectivity index (χ2v) is 8.57. The first-order chi connectivity index (χ1) is 16.6. The normalized spacial score (nSPS) is 13.1. The number of fused-ring (bicyclic) bond motifs is 1. The molecule has 0 radical (unpaired) electrons. The van der Waals surface area contributed by atoms with Gasteiger partial charge in [-0.3, -0.25) is 14.4 Å². The van der Waals surface area contributed by atoms with E-state index in [-0.39, 0.29) is 18.1 Å². The van der Waals surface area contributed by atoms with E-state index < -0.39 is 0 Å². The van der Waals surface area contributed by atoms with Crippen LogP contribution in [0, 0.1) is 5.82 Å². The van der Waals surface area contributed by atoms with Gasteiger partial charge in [0.15, 0.2) is 5.16 Å². The zero-order valence-electron chi connectivity index (χ0n) is 18.4. The van der Waals surface area contributed by atoms with E-state index in [0.29, 0.717) is 34.2 Å². The number of nitrogens with zero attached hydrogens (tertiary/aromatic N) is 3. The summed E-state index contributed by atoms with van der Waals surface area (Å²) in [4.78, 5) is 21.9. The van der Waals surface area contributed by atoms with Crippen LogP contribution >= 0.6 is 11.8 Å². The summed E-state index contributed by atoms with van der Waals surface area (Å²) in [5.41, 5.74) is 4.76. The topological polar surface area (TPSA) is 68.5 Å². The van der Waals surface area contributed by atoms with Gasteiger partial charge in [-0.2, -0.15) is 0 Å². The first kappa shape index (κ1) is 22.1. The maximum atomic E-state index is 14.3. The molecule has 8 heteroatoms. The van der Waals surface area contributed by atoms with Crippen LogP contribution < -0.4 is 5.32 Å². The number of imidazole rings is 1. The van der Waals surface area contributed by atoms with Crippen molar-refractivity contribution >= 4 is 34.8 Å². The molecule has 1 aliphatic rings. The largest absolute Gasteiger partial charge is 0.374 e. The fraction of sp³-hybridized carbons (Fsp3) is 0.115. The maximum absolute atomic E-state index is 14.3. The molecule has 1 N–H and O–H groups in total. The van der Waals surface area contributed by atoms with Crippen molar-refractivity contribution in [2.24, 2.45) is 4.99 Å². The van der Waals surface area contributed by atoms with Gasteiger partial charge in [0.2, 0.25) is 5.91 Å². The molecule has 6 nitrogen and oxygen atoms in total. The highest BCUT2D eigenvalue weighted by Gasteiger charge is 2.19. The molecule has 4 aromatic rings. The van der Waals surface area contributed by atoms with Crippen molar-refractivity contribution in [3.05, 3.63) is 90.5 Å². The quantitative estimate of drug-likeness (QED) is 0.283. The molecule has 2 heterocycles. The molecule has 0 saturated heterocycles. The van der Waals surface area contributed by atoms with Crippen molar-refractivity contribution in [2.45, 2.75) is 11.6 Å². The number of carbonyl (C=O) groups is 1. The number of benzene rings is 3. The van der Waals surface area contributed by atoms with Crippen LogP contribution in [-0.2, 0) is 9.53 Å². The number of ether oxygens (including phenoxy) is 1. The lowest BCUT2D eigenvalue weighted by atomic mass is 10.0. The minimum atomic E-state index is -0.314. The molecular weight excluding hydrogens is 451 g/mol. The van der Waals surface area contributed by atoms with Crippen LogP contribution in [0.1, 0.15) is 12.0 Å². The summed E-state index contributed by atoms with van der Waals surface area (Å²) in [7, 11) is 1.65. The SMILES string of the molecule is COCSc1nccn1-c1cccc(C2=Nc3ccc(-c4ccccc4F)cc3NC(=O)C2)c1. The predicted octanol–water partition coefficient (Wildman–Crippen LogP) is 5.84. The van der Waals surface area contributed by atoms with E-state index in [4.69, 9.17) is 9.73 Å². The van der Waals surface area contributed by atoms with Gasteiger partial charge in [-0.15, -0.1) is 0 Å². The molecule has 0 atom stereocenters. The lowest BCUT2D eigenvalue weighted by Gasteiger charge is -2.10. The minimum Gasteiger partial charge on any atom is -0.374 e. The molecule has 0 unspecified atom stereocenters. The first-order valence-corrected chi connectivity index (χ1v) is 11.6. The van der Waals surface area contributed by atoms with Gasteiger partial charge in [0.05, 0.1) is 29.4 Å². The molecular formula is C26H21FN4O2S. The molecule has 0 aliphatic carbocycles. The first-order valence-electron chi connectivity index (χ1n) is 10.6. The molecule has 34 heavy (non-hydrogen) atoms. The van der Waals surface area contributed by atoms with Gasteiger partial charge in [-0.05, 0) is 41.5 Å². The third-order valence-corrected chi connectivity index (χ3v) is 6.32. The van der Waals surface area contributed by atoms with Crippen molar-refractivity contribution in [1.82, 2.24) is 9.55 Å². The molecule has 0 fully saturated rings. The Bertz CT molecular complexity index is 1400. The molecule has 1 aromatic heterocycles. The van der Waals surface area contributed by atoms with Crippen molar-refractivity contribution < 1.29 is 13.9 Å². The molecule has 5 rings (SSSR count). The number of nitrogens with one attached hydrogen (secondary N) is 1.